The zero-order chi connectivity index (χ0) is 16.4. The van der Waals surface area contributed by atoms with Gasteiger partial charge in [0.05, 0.1) is 18.3 Å². The maximum atomic E-state index is 12.4. The fourth-order valence-corrected chi connectivity index (χ4v) is 5.11. The SMILES string of the molecule is CCOC(=O)CSc1nnc(NC(=O)C2C3CCC(C3)C2N)s1.Cl. The Hall–Kier alpha value is -0.900. The van der Waals surface area contributed by atoms with E-state index in [1.807, 2.05) is 0 Å². The molecule has 134 valence electrons. The number of halogens is 1. The Balaban J connectivity index is 0.00000208. The highest BCUT2D eigenvalue weighted by Gasteiger charge is 2.49. The molecule has 0 spiro atoms. The lowest BCUT2D eigenvalue weighted by atomic mass is 9.84. The predicted molar refractivity (Wildman–Crippen MR) is 95.4 cm³/mol. The van der Waals surface area contributed by atoms with Gasteiger partial charge in [-0.2, -0.15) is 0 Å². The van der Waals surface area contributed by atoms with E-state index >= 15 is 0 Å². The summed E-state index contributed by atoms with van der Waals surface area (Å²) in [5, 5.41) is 11.2. The number of carbonyl (C=O) groups is 2. The molecule has 2 saturated carbocycles. The van der Waals surface area contributed by atoms with Crippen LogP contribution in [0.25, 0.3) is 0 Å². The number of hydrogen-bond acceptors (Lipinski definition) is 8. The van der Waals surface area contributed by atoms with E-state index in [0.29, 0.717) is 27.9 Å². The molecule has 4 atom stereocenters. The van der Waals surface area contributed by atoms with E-state index in [2.05, 4.69) is 15.5 Å². The summed E-state index contributed by atoms with van der Waals surface area (Å²) in [5.41, 5.74) is 6.18. The number of aromatic nitrogens is 2. The van der Waals surface area contributed by atoms with Gasteiger partial charge in [-0.05, 0) is 38.0 Å². The molecule has 7 nitrogen and oxygen atoms in total. The van der Waals surface area contributed by atoms with Crippen molar-refractivity contribution in [1.29, 1.82) is 0 Å². The van der Waals surface area contributed by atoms with E-state index in [1.165, 1.54) is 23.1 Å². The van der Waals surface area contributed by atoms with Gasteiger partial charge < -0.3 is 15.8 Å². The van der Waals surface area contributed by atoms with E-state index in [-0.39, 0.29) is 42.0 Å². The second-order valence-corrected chi connectivity index (χ2v) is 8.09. The number of nitrogens with two attached hydrogens (primary N) is 1. The Morgan fingerprint density at radius 3 is 2.79 bits per heavy atom. The van der Waals surface area contributed by atoms with Gasteiger partial charge in [0.15, 0.2) is 4.34 Å². The van der Waals surface area contributed by atoms with Crippen molar-refractivity contribution in [1.82, 2.24) is 10.2 Å². The van der Waals surface area contributed by atoms with Gasteiger partial charge in [-0.1, -0.05) is 23.1 Å². The van der Waals surface area contributed by atoms with Crippen LogP contribution in [0, 0.1) is 17.8 Å². The van der Waals surface area contributed by atoms with Crippen LogP contribution < -0.4 is 11.1 Å². The molecule has 2 aliphatic rings. The molecule has 2 bridgehead atoms. The molecule has 2 fully saturated rings. The van der Waals surface area contributed by atoms with Crippen LogP contribution >= 0.6 is 35.5 Å². The highest BCUT2D eigenvalue weighted by Crippen LogP contribution is 2.48. The summed E-state index contributed by atoms with van der Waals surface area (Å²) in [4.78, 5) is 23.8. The number of fused-ring (bicyclic) bond motifs is 2. The maximum Gasteiger partial charge on any atom is 0.316 e. The van der Waals surface area contributed by atoms with Gasteiger partial charge in [-0.3, -0.25) is 9.59 Å². The second kappa shape index (κ2) is 8.46. The number of ether oxygens (including phenoxy) is 1. The van der Waals surface area contributed by atoms with Crippen LogP contribution in [0.1, 0.15) is 26.2 Å². The van der Waals surface area contributed by atoms with Gasteiger partial charge >= 0.3 is 5.97 Å². The fraction of sp³-hybridized carbons (Fsp3) is 0.714. The molecule has 0 radical (unpaired) electrons. The van der Waals surface area contributed by atoms with Crippen LogP contribution in [0.2, 0.25) is 0 Å². The van der Waals surface area contributed by atoms with Crippen molar-refractivity contribution in [2.45, 2.75) is 36.6 Å². The van der Waals surface area contributed by atoms with Crippen molar-refractivity contribution in [3.63, 3.8) is 0 Å². The van der Waals surface area contributed by atoms with E-state index in [0.717, 1.165) is 19.3 Å². The molecule has 3 rings (SSSR count). The molecule has 1 heterocycles. The standard InChI is InChI=1S/C14H20N4O3S2.ClH/c1-2-21-9(19)6-22-14-18-17-13(23-14)16-12(20)10-7-3-4-8(5-7)11(10)15;/h7-8,10-11H,2-6,15H2,1H3,(H,16,17,20);1H. The molecule has 2 aliphatic carbocycles. The smallest absolute Gasteiger partial charge is 0.316 e. The average molecular weight is 393 g/mol. The van der Waals surface area contributed by atoms with Crippen LogP contribution in [-0.2, 0) is 14.3 Å². The number of amides is 1. The number of thioether (sulfide) groups is 1. The molecule has 3 N–H and O–H groups in total. The number of nitrogens with one attached hydrogen (secondary N) is 1. The third kappa shape index (κ3) is 4.19. The molecular formula is C14H21ClN4O3S2. The second-order valence-electron chi connectivity index (χ2n) is 5.89. The molecule has 4 unspecified atom stereocenters. The molecule has 24 heavy (non-hydrogen) atoms. The minimum Gasteiger partial charge on any atom is -0.465 e. The van der Waals surface area contributed by atoms with Gasteiger partial charge in [-0.15, -0.1) is 22.6 Å². The number of carbonyl (C=O) groups excluding carboxylic acids is 2. The van der Waals surface area contributed by atoms with E-state index in [4.69, 9.17) is 10.5 Å². The highest BCUT2D eigenvalue weighted by atomic mass is 35.5. The summed E-state index contributed by atoms with van der Waals surface area (Å²) in [7, 11) is 0. The molecule has 0 aliphatic heterocycles. The molecule has 10 heteroatoms. The maximum absolute atomic E-state index is 12.4. The predicted octanol–water partition coefficient (Wildman–Crippen LogP) is 1.93. The summed E-state index contributed by atoms with van der Waals surface area (Å²) >= 11 is 2.52. The summed E-state index contributed by atoms with van der Waals surface area (Å²) in [5.74, 6) is 0.622. The number of nitrogens with zero attached hydrogens (tertiary/aromatic N) is 2. The molecule has 0 aromatic carbocycles. The lowest BCUT2D eigenvalue weighted by Gasteiger charge is -2.26. The summed E-state index contributed by atoms with van der Waals surface area (Å²) in [6, 6.07) is -0.0423. The Bertz CT molecular complexity index is 598. The van der Waals surface area contributed by atoms with E-state index in [9.17, 15) is 9.59 Å². The fourth-order valence-electron chi connectivity index (χ4n) is 3.56. The Kier molecular flexibility index (Phi) is 6.85. The van der Waals surface area contributed by atoms with Crippen LogP contribution in [-0.4, -0.2) is 40.5 Å². The number of anilines is 1. The summed E-state index contributed by atoms with van der Waals surface area (Å²) < 4.78 is 5.49. The third-order valence-corrected chi connectivity index (χ3v) is 6.48. The quantitative estimate of drug-likeness (QED) is 0.432. The first-order valence-electron chi connectivity index (χ1n) is 7.76. The van der Waals surface area contributed by atoms with Crippen molar-refractivity contribution in [2.75, 3.05) is 17.7 Å². The van der Waals surface area contributed by atoms with Crippen molar-refractivity contribution in [2.24, 2.45) is 23.5 Å². The van der Waals surface area contributed by atoms with E-state index < -0.39 is 0 Å². The van der Waals surface area contributed by atoms with Crippen molar-refractivity contribution in [3.8, 4) is 0 Å². The lowest BCUT2D eigenvalue weighted by Crippen LogP contribution is -2.42. The first kappa shape index (κ1) is 19.4. The average Bonchev–Trinajstić information content (AvgIpc) is 3.21. The van der Waals surface area contributed by atoms with Gasteiger partial charge in [0.2, 0.25) is 11.0 Å². The Labute approximate surface area is 154 Å². The Morgan fingerprint density at radius 1 is 1.38 bits per heavy atom. The number of rotatable bonds is 6. The van der Waals surface area contributed by atoms with Crippen LogP contribution in [0.4, 0.5) is 5.13 Å². The summed E-state index contributed by atoms with van der Waals surface area (Å²) in [6.07, 6.45) is 3.30. The first-order chi connectivity index (χ1) is 11.1. The highest BCUT2D eigenvalue weighted by molar-refractivity contribution is 8.01. The van der Waals surface area contributed by atoms with Gasteiger partial charge in [0.1, 0.15) is 0 Å². The monoisotopic (exact) mass is 392 g/mol. The Morgan fingerprint density at radius 2 is 2.12 bits per heavy atom. The topological polar surface area (TPSA) is 107 Å². The van der Waals surface area contributed by atoms with Gasteiger partial charge in [0.25, 0.3) is 0 Å². The van der Waals surface area contributed by atoms with Crippen molar-refractivity contribution < 1.29 is 14.3 Å². The zero-order valence-electron chi connectivity index (χ0n) is 13.3. The molecule has 0 saturated heterocycles. The molecular weight excluding hydrogens is 372 g/mol. The summed E-state index contributed by atoms with van der Waals surface area (Å²) in [6.45, 7) is 2.13. The first-order valence-corrected chi connectivity index (χ1v) is 9.57. The minimum absolute atomic E-state index is 0. The third-order valence-electron chi connectivity index (χ3n) is 4.54. The van der Waals surface area contributed by atoms with E-state index in [1.54, 1.807) is 6.92 Å². The number of hydrogen-bond donors (Lipinski definition) is 2. The zero-order valence-corrected chi connectivity index (χ0v) is 15.7. The van der Waals surface area contributed by atoms with Crippen LogP contribution in [0.3, 0.4) is 0 Å². The van der Waals surface area contributed by atoms with Crippen molar-refractivity contribution in [3.05, 3.63) is 0 Å². The normalized spacial score (nSPS) is 27.6. The minimum atomic E-state index is -0.286. The molecule has 1 aromatic rings. The van der Waals surface area contributed by atoms with Crippen molar-refractivity contribution >= 4 is 52.5 Å². The lowest BCUT2D eigenvalue weighted by molar-refractivity contribution is -0.139. The van der Waals surface area contributed by atoms with Gasteiger partial charge in [-0.25, -0.2) is 0 Å². The largest absolute Gasteiger partial charge is 0.465 e. The molecule has 1 amide bonds. The van der Waals surface area contributed by atoms with Crippen LogP contribution in [0.5, 0.6) is 0 Å². The van der Waals surface area contributed by atoms with Crippen LogP contribution in [0.15, 0.2) is 4.34 Å². The number of esters is 1. The molecule has 1 aromatic heterocycles. The van der Waals surface area contributed by atoms with Gasteiger partial charge in [0, 0.05) is 6.04 Å².